The minimum absolute atomic E-state index is 0.112. The lowest BCUT2D eigenvalue weighted by molar-refractivity contribution is -0.121. The molecule has 18 heavy (non-hydrogen) atoms. The van der Waals surface area contributed by atoms with Crippen LogP contribution in [0.5, 0.6) is 0 Å². The molecule has 1 unspecified atom stereocenters. The summed E-state index contributed by atoms with van der Waals surface area (Å²) >= 11 is 1.55. The van der Waals surface area contributed by atoms with E-state index in [9.17, 15) is 4.79 Å². The summed E-state index contributed by atoms with van der Waals surface area (Å²) in [5, 5.41) is 4.85. The van der Waals surface area contributed by atoms with Crippen LogP contribution in [0.2, 0.25) is 0 Å². The van der Waals surface area contributed by atoms with Crippen molar-refractivity contribution in [3.63, 3.8) is 0 Å². The molecule has 0 aliphatic rings. The summed E-state index contributed by atoms with van der Waals surface area (Å²) in [5.41, 5.74) is 8.29. The highest BCUT2D eigenvalue weighted by Crippen LogP contribution is 2.16. The number of nitrogens with two attached hydrogens (primary N) is 1. The van der Waals surface area contributed by atoms with Gasteiger partial charge in [-0.3, -0.25) is 4.79 Å². The zero-order chi connectivity index (χ0) is 13.2. The van der Waals surface area contributed by atoms with Crippen molar-refractivity contribution in [1.29, 1.82) is 0 Å². The first-order chi connectivity index (χ1) is 8.76. The van der Waals surface area contributed by atoms with Gasteiger partial charge >= 0.3 is 0 Å². The van der Waals surface area contributed by atoms with Gasteiger partial charge in [-0.15, -0.1) is 11.3 Å². The van der Waals surface area contributed by atoms with Crippen LogP contribution < -0.4 is 11.1 Å². The van der Waals surface area contributed by atoms with E-state index in [-0.39, 0.29) is 5.91 Å². The predicted molar refractivity (Wildman–Crippen MR) is 75.3 cm³/mol. The molecule has 1 atom stereocenters. The summed E-state index contributed by atoms with van der Waals surface area (Å²) in [6.45, 7) is 3.43. The molecule has 0 bridgehead atoms. The van der Waals surface area contributed by atoms with Crippen molar-refractivity contribution in [3.8, 4) is 0 Å². The Morgan fingerprint density at radius 3 is 2.94 bits per heavy atom. The summed E-state index contributed by atoms with van der Waals surface area (Å²) in [7, 11) is 0. The van der Waals surface area contributed by atoms with Crippen LogP contribution >= 0.6 is 11.3 Å². The van der Waals surface area contributed by atoms with Crippen LogP contribution in [-0.2, 0) is 11.3 Å². The van der Waals surface area contributed by atoms with E-state index >= 15 is 0 Å². The summed E-state index contributed by atoms with van der Waals surface area (Å²) < 4.78 is 0. The number of aromatic nitrogens is 1. The second-order valence-electron chi connectivity index (χ2n) is 4.53. The Labute approximate surface area is 113 Å². The van der Waals surface area contributed by atoms with Crippen molar-refractivity contribution < 1.29 is 4.79 Å². The van der Waals surface area contributed by atoms with Crippen LogP contribution in [0.3, 0.4) is 0 Å². The zero-order valence-corrected chi connectivity index (χ0v) is 11.8. The normalized spacial score (nSPS) is 12.3. The second kappa shape index (κ2) is 9.05. The molecule has 1 heterocycles. The molecule has 5 heteroatoms. The number of amides is 1. The van der Waals surface area contributed by atoms with E-state index in [1.54, 1.807) is 16.8 Å². The van der Waals surface area contributed by atoms with Crippen LogP contribution in [-0.4, -0.2) is 17.4 Å². The molecule has 0 aromatic carbocycles. The number of hydrogen-bond donors (Lipinski definition) is 2. The molecule has 0 radical (unpaired) electrons. The lowest BCUT2D eigenvalue weighted by Crippen LogP contribution is -2.23. The number of carbonyl (C=O) groups is 1. The van der Waals surface area contributed by atoms with Crippen LogP contribution in [0.15, 0.2) is 10.9 Å². The van der Waals surface area contributed by atoms with E-state index in [1.165, 1.54) is 0 Å². The highest BCUT2D eigenvalue weighted by molar-refractivity contribution is 7.07. The number of rotatable bonds is 9. The monoisotopic (exact) mass is 269 g/mol. The van der Waals surface area contributed by atoms with Gasteiger partial charge in [-0.1, -0.05) is 19.8 Å². The highest BCUT2D eigenvalue weighted by atomic mass is 32.1. The van der Waals surface area contributed by atoms with Gasteiger partial charge in [0.05, 0.1) is 17.7 Å². The molecule has 3 N–H and O–H groups in total. The van der Waals surface area contributed by atoms with Crippen LogP contribution in [0.4, 0.5) is 0 Å². The van der Waals surface area contributed by atoms with Crippen LogP contribution in [0, 0.1) is 5.92 Å². The van der Waals surface area contributed by atoms with Crippen molar-refractivity contribution in [2.45, 2.75) is 45.6 Å². The molecule has 0 aliphatic carbocycles. The quantitative estimate of drug-likeness (QED) is 0.723. The Morgan fingerprint density at radius 1 is 1.50 bits per heavy atom. The lowest BCUT2D eigenvalue weighted by atomic mass is 9.94. The van der Waals surface area contributed by atoms with Gasteiger partial charge in [0.2, 0.25) is 5.91 Å². The first-order valence-corrected chi connectivity index (χ1v) is 7.54. The first-order valence-electron chi connectivity index (χ1n) is 6.60. The number of thiazole rings is 1. The van der Waals surface area contributed by atoms with E-state index in [0.29, 0.717) is 25.4 Å². The second-order valence-corrected chi connectivity index (χ2v) is 5.25. The largest absolute Gasteiger partial charge is 0.350 e. The van der Waals surface area contributed by atoms with Crippen molar-refractivity contribution in [2.24, 2.45) is 11.7 Å². The maximum atomic E-state index is 11.7. The molecule has 0 saturated carbocycles. The Kier molecular flexibility index (Phi) is 7.60. The minimum atomic E-state index is 0.112. The topological polar surface area (TPSA) is 68.0 Å². The molecule has 0 aliphatic heterocycles. The Bertz CT molecular complexity index is 321. The minimum Gasteiger partial charge on any atom is -0.350 e. The SMILES string of the molecule is CCCC(CCN)CCC(=O)NCc1cscn1. The fourth-order valence-corrected chi connectivity index (χ4v) is 2.57. The molecule has 1 amide bonds. The van der Waals surface area contributed by atoms with Gasteiger partial charge < -0.3 is 11.1 Å². The van der Waals surface area contributed by atoms with Crippen molar-refractivity contribution in [1.82, 2.24) is 10.3 Å². The molecular formula is C13H23N3OS. The summed E-state index contributed by atoms with van der Waals surface area (Å²) in [4.78, 5) is 15.8. The average Bonchev–Trinajstić information content (AvgIpc) is 2.87. The predicted octanol–water partition coefficient (Wildman–Crippen LogP) is 2.30. The van der Waals surface area contributed by atoms with E-state index in [1.807, 2.05) is 5.38 Å². The number of hydrogen-bond acceptors (Lipinski definition) is 4. The third kappa shape index (κ3) is 6.12. The third-order valence-electron chi connectivity index (χ3n) is 3.00. The third-order valence-corrected chi connectivity index (χ3v) is 3.64. The Morgan fingerprint density at radius 2 is 2.33 bits per heavy atom. The highest BCUT2D eigenvalue weighted by Gasteiger charge is 2.10. The molecule has 0 saturated heterocycles. The Hall–Kier alpha value is -0.940. The van der Waals surface area contributed by atoms with Gasteiger partial charge in [-0.25, -0.2) is 4.98 Å². The van der Waals surface area contributed by atoms with Crippen molar-refractivity contribution >= 4 is 17.2 Å². The standard InChI is InChI=1S/C13H23N3OS/c1-2-3-11(6-7-14)4-5-13(17)15-8-12-9-18-10-16-12/h9-11H,2-8,14H2,1H3,(H,15,17). The summed E-state index contributed by atoms with van der Waals surface area (Å²) in [6, 6.07) is 0. The summed E-state index contributed by atoms with van der Waals surface area (Å²) in [5.74, 6) is 0.700. The van der Waals surface area contributed by atoms with E-state index < -0.39 is 0 Å². The van der Waals surface area contributed by atoms with E-state index in [0.717, 1.165) is 31.4 Å². The fourth-order valence-electron chi connectivity index (χ4n) is 2.01. The molecule has 1 aromatic rings. The number of nitrogens with zero attached hydrogens (tertiary/aromatic N) is 1. The van der Waals surface area contributed by atoms with E-state index in [4.69, 9.17) is 5.73 Å². The molecule has 0 fully saturated rings. The molecular weight excluding hydrogens is 246 g/mol. The van der Waals surface area contributed by atoms with Gasteiger partial charge in [0, 0.05) is 11.8 Å². The maximum Gasteiger partial charge on any atom is 0.220 e. The van der Waals surface area contributed by atoms with Crippen LogP contribution in [0.1, 0.15) is 44.7 Å². The summed E-state index contributed by atoms with van der Waals surface area (Å²) in [6.07, 6.45) is 4.87. The Balaban J connectivity index is 2.18. The van der Waals surface area contributed by atoms with Gasteiger partial charge in [-0.2, -0.15) is 0 Å². The first kappa shape index (κ1) is 15.1. The number of carbonyl (C=O) groups excluding carboxylic acids is 1. The molecule has 102 valence electrons. The van der Waals surface area contributed by atoms with Crippen LogP contribution in [0.25, 0.3) is 0 Å². The fraction of sp³-hybridized carbons (Fsp3) is 0.692. The zero-order valence-electron chi connectivity index (χ0n) is 11.0. The van der Waals surface area contributed by atoms with Gasteiger partial charge in [0.1, 0.15) is 0 Å². The van der Waals surface area contributed by atoms with Gasteiger partial charge in [0.15, 0.2) is 0 Å². The van der Waals surface area contributed by atoms with Gasteiger partial charge in [-0.05, 0) is 25.3 Å². The lowest BCUT2D eigenvalue weighted by Gasteiger charge is -2.14. The number of nitrogens with one attached hydrogen (secondary N) is 1. The molecule has 4 nitrogen and oxygen atoms in total. The molecule has 0 spiro atoms. The molecule has 1 rings (SSSR count). The van der Waals surface area contributed by atoms with Crippen molar-refractivity contribution in [3.05, 3.63) is 16.6 Å². The maximum absolute atomic E-state index is 11.7. The van der Waals surface area contributed by atoms with E-state index in [2.05, 4.69) is 17.2 Å². The van der Waals surface area contributed by atoms with Gasteiger partial charge in [0.25, 0.3) is 0 Å². The molecule has 1 aromatic heterocycles. The van der Waals surface area contributed by atoms with Crippen molar-refractivity contribution in [2.75, 3.05) is 6.54 Å². The smallest absolute Gasteiger partial charge is 0.220 e. The average molecular weight is 269 g/mol.